The van der Waals surface area contributed by atoms with Crippen molar-refractivity contribution >= 4 is 0 Å². The molecule has 0 aromatic rings. The van der Waals surface area contributed by atoms with Gasteiger partial charge in [-0.15, -0.1) is 0 Å². The fourth-order valence-electron chi connectivity index (χ4n) is 2.02. The highest BCUT2D eigenvalue weighted by Crippen LogP contribution is 2.18. The Morgan fingerprint density at radius 3 is 2.86 bits per heavy atom. The van der Waals surface area contributed by atoms with Crippen molar-refractivity contribution in [3.05, 3.63) is 0 Å². The van der Waals surface area contributed by atoms with Gasteiger partial charge in [-0.05, 0) is 39.7 Å². The van der Waals surface area contributed by atoms with Crippen molar-refractivity contribution in [3.8, 4) is 0 Å². The van der Waals surface area contributed by atoms with Crippen LogP contribution >= 0.6 is 0 Å². The van der Waals surface area contributed by atoms with Crippen LogP contribution in [-0.2, 0) is 4.74 Å². The van der Waals surface area contributed by atoms with Gasteiger partial charge in [0, 0.05) is 12.6 Å². The van der Waals surface area contributed by atoms with Gasteiger partial charge < -0.3 is 10.1 Å². The van der Waals surface area contributed by atoms with Gasteiger partial charge >= 0.3 is 0 Å². The maximum absolute atomic E-state index is 5.59. The van der Waals surface area contributed by atoms with Crippen molar-refractivity contribution in [2.45, 2.75) is 64.0 Å². The predicted octanol–water partition coefficient (Wildman–Crippen LogP) is 2.72. The van der Waals surface area contributed by atoms with Crippen LogP contribution in [0.25, 0.3) is 0 Å². The van der Waals surface area contributed by atoms with Gasteiger partial charge in [-0.3, -0.25) is 0 Å². The molecule has 0 bridgehead atoms. The Morgan fingerprint density at radius 1 is 1.36 bits per heavy atom. The number of hydrogen-bond acceptors (Lipinski definition) is 2. The molecular weight excluding hydrogens is 174 g/mol. The highest BCUT2D eigenvalue weighted by molar-refractivity contribution is 4.65. The van der Waals surface area contributed by atoms with E-state index >= 15 is 0 Å². The molecule has 2 atom stereocenters. The van der Waals surface area contributed by atoms with Crippen LogP contribution in [-0.4, -0.2) is 25.8 Å². The fraction of sp³-hybridized carbons (Fsp3) is 1.00. The van der Waals surface area contributed by atoms with Crippen molar-refractivity contribution in [1.29, 1.82) is 0 Å². The summed E-state index contributed by atoms with van der Waals surface area (Å²) < 4.78 is 5.59. The van der Waals surface area contributed by atoms with E-state index in [2.05, 4.69) is 12.2 Å². The third-order valence-corrected chi connectivity index (χ3v) is 3.18. The van der Waals surface area contributed by atoms with Crippen LogP contribution in [0.4, 0.5) is 0 Å². The summed E-state index contributed by atoms with van der Waals surface area (Å²) in [7, 11) is 2.04. The van der Waals surface area contributed by atoms with Gasteiger partial charge in [0.25, 0.3) is 0 Å². The SMILES string of the molecule is CNC(C)CCCCCC1CCCO1. The summed E-state index contributed by atoms with van der Waals surface area (Å²) in [6.07, 6.45) is 9.84. The second kappa shape index (κ2) is 7.24. The molecule has 1 aliphatic heterocycles. The van der Waals surface area contributed by atoms with E-state index in [-0.39, 0.29) is 0 Å². The third kappa shape index (κ3) is 4.97. The van der Waals surface area contributed by atoms with E-state index in [0.717, 1.165) is 6.61 Å². The summed E-state index contributed by atoms with van der Waals surface area (Å²) in [6, 6.07) is 0.678. The molecule has 2 nitrogen and oxygen atoms in total. The minimum Gasteiger partial charge on any atom is -0.378 e. The first-order chi connectivity index (χ1) is 6.83. The van der Waals surface area contributed by atoms with E-state index in [0.29, 0.717) is 12.1 Å². The van der Waals surface area contributed by atoms with Crippen LogP contribution in [0.3, 0.4) is 0 Å². The largest absolute Gasteiger partial charge is 0.378 e. The second-order valence-corrected chi connectivity index (χ2v) is 4.46. The smallest absolute Gasteiger partial charge is 0.0576 e. The lowest BCUT2D eigenvalue weighted by Crippen LogP contribution is -2.20. The molecule has 84 valence electrons. The van der Waals surface area contributed by atoms with Gasteiger partial charge in [-0.1, -0.05) is 19.3 Å². The summed E-state index contributed by atoms with van der Waals surface area (Å²) in [6.45, 7) is 3.25. The normalized spacial score (nSPS) is 24.0. The molecule has 0 aromatic carbocycles. The maximum Gasteiger partial charge on any atom is 0.0576 e. The maximum atomic E-state index is 5.59. The van der Waals surface area contributed by atoms with Crippen LogP contribution in [0, 0.1) is 0 Å². The van der Waals surface area contributed by atoms with Gasteiger partial charge in [0.05, 0.1) is 6.10 Å². The second-order valence-electron chi connectivity index (χ2n) is 4.46. The first-order valence-electron chi connectivity index (χ1n) is 6.12. The molecule has 1 saturated heterocycles. The van der Waals surface area contributed by atoms with Gasteiger partial charge in [0.2, 0.25) is 0 Å². The predicted molar refractivity (Wildman–Crippen MR) is 60.6 cm³/mol. The number of nitrogens with one attached hydrogen (secondary N) is 1. The lowest BCUT2D eigenvalue weighted by Gasteiger charge is -2.11. The summed E-state index contributed by atoms with van der Waals surface area (Å²) in [5.74, 6) is 0. The Bertz CT molecular complexity index is 132. The zero-order valence-corrected chi connectivity index (χ0v) is 9.72. The Hall–Kier alpha value is -0.0800. The van der Waals surface area contributed by atoms with Gasteiger partial charge in [0.15, 0.2) is 0 Å². The fourth-order valence-corrected chi connectivity index (χ4v) is 2.02. The minimum absolute atomic E-state index is 0.594. The lowest BCUT2D eigenvalue weighted by molar-refractivity contribution is 0.102. The third-order valence-electron chi connectivity index (χ3n) is 3.18. The van der Waals surface area contributed by atoms with Crippen LogP contribution in [0.1, 0.15) is 51.9 Å². The average Bonchev–Trinajstić information content (AvgIpc) is 2.69. The van der Waals surface area contributed by atoms with Gasteiger partial charge in [-0.25, -0.2) is 0 Å². The average molecular weight is 199 g/mol. The van der Waals surface area contributed by atoms with Crippen molar-refractivity contribution in [2.24, 2.45) is 0 Å². The topological polar surface area (TPSA) is 21.3 Å². The number of ether oxygens (including phenoxy) is 1. The van der Waals surface area contributed by atoms with Crippen LogP contribution in [0.5, 0.6) is 0 Å². The zero-order chi connectivity index (χ0) is 10.2. The van der Waals surface area contributed by atoms with E-state index in [1.54, 1.807) is 0 Å². The first kappa shape index (κ1) is 12.0. The standard InChI is InChI=1S/C12H25NO/c1-11(13-2)7-4-3-5-8-12-9-6-10-14-12/h11-13H,3-10H2,1-2H3. The van der Waals surface area contributed by atoms with Crippen LogP contribution < -0.4 is 5.32 Å². The minimum atomic E-state index is 0.594. The quantitative estimate of drug-likeness (QED) is 0.637. The molecule has 0 spiro atoms. The van der Waals surface area contributed by atoms with Gasteiger partial charge in [-0.2, -0.15) is 0 Å². The molecular formula is C12H25NO. The molecule has 14 heavy (non-hydrogen) atoms. The van der Waals surface area contributed by atoms with Crippen LogP contribution in [0.15, 0.2) is 0 Å². The molecule has 1 rings (SSSR count). The molecule has 0 saturated carbocycles. The summed E-state index contributed by atoms with van der Waals surface area (Å²) in [4.78, 5) is 0. The Kier molecular flexibility index (Phi) is 6.20. The van der Waals surface area contributed by atoms with E-state index < -0.39 is 0 Å². The molecule has 1 heterocycles. The first-order valence-corrected chi connectivity index (χ1v) is 6.12. The Balaban J connectivity index is 1.84. The Morgan fingerprint density at radius 2 is 2.21 bits per heavy atom. The van der Waals surface area contributed by atoms with Crippen molar-refractivity contribution in [1.82, 2.24) is 5.32 Å². The van der Waals surface area contributed by atoms with Crippen molar-refractivity contribution < 1.29 is 4.74 Å². The molecule has 1 fully saturated rings. The van der Waals surface area contributed by atoms with E-state index in [4.69, 9.17) is 4.74 Å². The van der Waals surface area contributed by atoms with Crippen LogP contribution in [0.2, 0.25) is 0 Å². The summed E-state index contributed by atoms with van der Waals surface area (Å²) in [5, 5.41) is 3.27. The molecule has 0 aromatic heterocycles. The summed E-state index contributed by atoms with van der Waals surface area (Å²) >= 11 is 0. The number of rotatable bonds is 7. The lowest BCUT2D eigenvalue weighted by atomic mass is 10.1. The van der Waals surface area contributed by atoms with Gasteiger partial charge in [0.1, 0.15) is 0 Å². The molecule has 2 unspecified atom stereocenters. The Labute approximate surface area is 88.4 Å². The molecule has 2 heteroatoms. The number of hydrogen-bond donors (Lipinski definition) is 1. The van der Waals surface area contributed by atoms with Crippen molar-refractivity contribution in [3.63, 3.8) is 0 Å². The zero-order valence-electron chi connectivity index (χ0n) is 9.72. The molecule has 0 radical (unpaired) electrons. The molecule has 0 aliphatic carbocycles. The summed E-state index contributed by atoms with van der Waals surface area (Å²) in [5.41, 5.74) is 0. The molecule has 0 amide bonds. The highest BCUT2D eigenvalue weighted by atomic mass is 16.5. The molecule has 1 N–H and O–H groups in total. The van der Waals surface area contributed by atoms with Crippen molar-refractivity contribution in [2.75, 3.05) is 13.7 Å². The van der Waals surface area contributed by atoms with E-state index in [1.807, 2.05) is 7.05 Å². The van der Waals surface area contributed by atoms with E-state index in [1.165, 1.54) is 44.9 Å². The highest BCUT2D eigenvalue weighted by Gasteiger charge is 2.14. The number of unbranched alkanes of at least 4 members (excludes halogenated alkanes) is 2. The van der Waals surface area contributed by atoms with E-state index in [9.17, 15) is 0 Å². The monoisotopic (exact) mass is 199 g/mol. The molecule has 1 aliphatic rings.